The molecule has 0 radical (unpaired) electrons. The van der Waals surface area contributed by atoms with Gasteiger partial charge in [-0.3, -0.25) is 0 Å². The Morgan fingerprint density at radius 1 is 1.16 bits per heavy atom. The zero-order valence-corrected chi connectivity index (χ0v) is 13.9. The van der Waals surface area contributed by atoms with Gasteiger partial charge in [-0.2, -0.15) is 4.98 Å². The van der Waals surface area contributed by atoms with Crippen molar-refractivity contribution in [3.05, 3.63) is 41.6 Å². The van der Waals surface area contributed by atoms with E-state index in [1.54, 1.807) is 18.3 Å². The number of benzene rings is 1. The molecule has 2 rings (SSSR count). The second-order valence-corrected chi connectivity index (χ2v) is 5.54. The van der Waals surface area contributed by atoms with Gasteiger partial charge in [0.15, 0.2) is 0 Å². The molecule has 0 saturated heterocycles. The molecule has 0 saturated carbocycles. The number of nitrogens with one attached hydrogen (secondary N) is 1. The molecular weight excluding hydrogens is 333 g/mol. The van der Waals surface area contributed by atoms with E-state index in [-0.39, 0.29) is 11.7 Å². The van der Waals surface area contributed by atoms with E-state index in [2.05, 4.69) is 26.9 Å². The first kappa shape index (κ1) is 18.8. The van der Waals surface area contributed by atoms with Crippen molar-refractivity contribution in [3.63, 3.8) is 0 Å². The van der Waals surface area contributed by atoms with E-state index in [4.69, 9.17) is 5.73 Å². The number of para-hydroxylation sites is 1. The van der Waals surface area contributed by atoms with Crippen LogP contribution in [0.25, 0.3) is 0 Å². The monoisotopic (exact) mass is 354 g/mol. The number of hydrogen-bond donors (Lipinski definition) is 2. The third-order valence-electron chi connectivity index (χ3n) is 3.57. The maximum Gasteiger partial charge on any atom is 0.573 e. The summed E-state index contributed by atoms with van der Waals surface area (Å²) in [5, 5.41) is 3.20. The van der Waals surface area contributed by atoms with Crippen LogP contribution in [0.4, 0.5) is 24.9 Å². The zero-order valence-electron chi connectivity index (χ0n) is 13.9. The van der Waals surface area contributed by atoms with Crippen LogP contribution < -0.4 is 15.8 Å². The smallest absolute Gasteiger partial charge is 0.406 e. The lowest BCUT2D eigenvalue weighted by molar-refractivity contribution is -0.274. The third kappa shape index (κ3) is 6.13. The Balaban J connectivity index is 2.11. The molecule has 0 bridgehead atoms. The molecule has 0 atom stereocenters. The van der Waals surface area contributed by atoms with Crippen LogP contribution in [0.15, 0.2) is 30.5 Å². The molecule has 3 N–H and O–H groups in total. The first-order chi connectivity index (χ1) is 11.9. The first-order valence-electron chi connectivity index (χ1n) is 8.08. The van der Waals surface area contributed by atoms with Crippen LogP contribution >= 0.6 is 0 Å². The van der Waals surface area contributed by atoms with E-state index in [1.807, 2.05) is 0 Å². The summed E-state index contributed by atoms with van der Waals surface area (Å²) in [4.78, 5) is 8.16. The van der Waals surface area contributed by atoms with Gasteiger partial charge in [-0.15, -0.1) is 13.2 Å². The van der Waals surface area contributed by atoms with Crippen LogP contribution in [0.1, 0.15) is 30.9 Å². The van der Waals surface area contributed by atoms with Gasteiger partial charge in [-0.05, 0) is 30.9 Å². The van der Waals surface area contributed by atoms with Crippen molar-refractivity contribution in [3.8, 4) is 5.75 Å². The van der Waals surface area contributed by atoms with E-state index in [1.165, 1.54) is 12.1 Å². The van der Waals surface area contributed by atoms with Crippen LogP contribution in [0, 0.1) is 0 Å². The maximum atomic E-state index is 12.5. The lowest BCUT2D eigenvalue weighted by Crippen LogP contribution is -2.18. The minimum absolute atomic E-state index is 0.156. The second-order valence-electron chi connectivity index (χ2n) is 5.54. The Labute approximate surface area is 144 Å². The van der Waals surface area contributed by atoms with Gasteiger partial charge in [0.05, 0.1) is 0 Å². The number of nitrogen functional groups attached to an aromatic ring is 1. The Bertz CT molecular complexity index is 692. The number of nitrogens with zero attached hydrogens (tertiary/aromatic N) is 2. The molecule has 1 aromatic heterocycles. The van der Waals surface area contributed by atoms with E-state index < -0.39 is 6.36 Å². The molecule has 5 nitrogen and oxygen atoms in total. The largest absolute Gasteiger partial charge is 0.573 e. The lowest BCUT2D eigenvalue weighted by Gasteiger charge is -2.14. The number of rotatable bonds is 8. The number of halogens is 3. The lowest BCUT2D eigenvalue weighted by atomic mass is 10.0. The van der Waals surface area contributed by atoms with E-state index in [0.29, 0.717) is 24.2 Å². The van der Waals surface area contributed by atoms with Crippen LogP contribution in [0.5, 0.6) is 5.75 Å². The SMILES string of the molecule is CCCCNc1nc(N)ncc1CCc1ccccc1OC(F)(F)F. The molecule has 0 amide bonds. The van der Waals surface area contributed by atoms with Crippen molar-refractivity contribution >= 4 is 11.8 Å². The molecule has 136 valence electrons. The van der Waals surface area contributed by atoms with Crippen LogP contribution in [-0.4, -0.2) is 22.9 Å². The number of unbranched alkanes of at least 4 members (excludes halogenated alkanes) is 1. The zero-order chi connectivity index (χ0) is 18.3. The minimum atomic E-state index is -4.71. The predicted molar refractivity (Wildman–Crippen MR) is 90.4 cm³/mol. The summed E-state index contributed by atoms with van der Waals surface area (Å²) in [6.45, 7) is 2.82. The van der Waals surface area contributed by atoms with Gasteiger partial charge in [-0.25, -0.2) is 4.98 Å². The molecule has 0 aliphatic rings. The quantitative estimate of drug-likeness (QED) is 0.702. The molecule has 2 aromatic rings. The Hall–Kier alpha value is -2.51. The van der Waals surface area contributed by atoms with Crippen LogP contribution in [-0.2, 0) is 12.8 Å². The standard InChI is InChI=1S/C17H21F3N4O/c1-2-3-10-22-15-13(11-23-16(21)24-15)9-8-12-6-4-5-7-14(12)25-17(18,19)20/h4-7,11H,2-3,8-10H2,1H3,(H3,21,22,23,24). The average Bonchev–Trinajstić information content (AvgIpc) is 2.54. The highest BCUT2D eigenvalue weighted by molar-refractivity contribution is 5.46. The van der Waals surface area contributed by atoms with Crippen molar-refractivity contribution in [2.75, 3.05) is 17.6 Å². The highest BCUT2D eigenvalue weighted by Crippen LogP contribution is 2.27. The fourth-order valence-corrected chi connectivity index (χ4v) is 2.34. The summed E-state index contributed by atoms with van der Waals surface area (Å²) in [5.74, 6) is 0.588. The molecule has 0 fully saturated rings. The molecule has 25 heavy (non-hydrogen) atoms. The van der Waals surface area contributed by atoms with E-state index in [9.17, 15) is 13.2 Å². The van der Waals surface area contributed by atoms with Gasteiger partial charge in [0, 0.05) is 18.3 Å². The van der Waals surface area contributed by atoms with Crippen molar-refractivity contribution in [2.45, 2.75) is 39.0 Å². The van der Waals surface area contributed by atoms with Crippen molar-refractivity contribution in [2.24, 2.45) is 0 Å². The Morgan fingerprint density at radius 2 is 1.88 bits per heavy atom. The van der Waals surface area contributed by atoms with Gasteiger partial charge in [0.25, 0.3) is 0 Å². The highest BCUT2D eigenvalue weighted by atomic mass is 19.4. The molecule has 1 aromatic carbocycles. The summed E-state index contributed by atoms with van der Waals surface area (Å²) < 4.78 is 41.6. The van der Waals surface area contributed by atoms with E-state index >= 15 is 0 Å². The number of aromatic nitrogens is 2. The molecule has 0 aliphatic heterocycles. The van der Waals surface area contributed by atoms with Gasteiger partial charge in [0.2, 0.25) is 5.95 Å². The first-order valence-corrected chi connectivity index (χ1v) is 8.08. The van der Waals surface area contributed by atoms with Gasteiger partial charge >= 0.3 is 6.36 Å². The number of ether oxygens (including phenoxy) is 1. The third-order valence-corrected chi connectivity index (χ3v) is 3.57. The van der Waals surface area contributed by atoms with Crippen LogP contribution in [0.3, 0.4) is 0 Å². The Kier molecular flexibility index (Phi) is 6.44. The number of hydrogen-bond acceptors (Lipinski definition) is 5. The number of anilines is 2. The summed E-state index contributed by atoms with van der Waals surface area (Å²) in [6, 6.07) is 6.11. The fourth-order valence-electron chi connectivity index (χ4n) is 2.34. The van der Waals surface area contributed by atoms with Gasteiger partial charge in [-0.1, -0.05) is 31.5 Å². The molecule has 1 heterocycles. The second kappa shape index (κ2) is 8.55. The topological polar surface area (TPSA) is 73.1 Å². The Morgan fingerprint density at radius 3 is 2.60 bits per heavy atom. The normalized spacial score (nSPS) is 11.4. The van der Waals surface area contributed by atoms with Gasteiger partial charge in [0.1, 0.15) is 11.6 Å². The minimum Gasteiger partial charge on any atom is -0.406 e. The number of aryl methyl sites for hydroxylation is 2. The number of alkyl halides is 3. The maximum absolute atomic E-state index is 12.5. The van der Waals surface area contributed by atoms with Crippen molar-refractivity contribution < 1.29 is 17.9 Å². The molecule has 8 heteroatoms. The van der Waals surface area contributed by atoms with E-state index in [0.717, 1.165) is 24.9 Å². The average molecular weight is 354 g/mol. The van der Waals surface area contributed by atoms with Gasteiger partial charge < -0.3 is 15.8 Å². The molecule has 0 spiro atoms. The molecular formula is C17H21F3N4O. The van der Waals surface area contributed by atoms with Crippen LogP contribution in [0.2, 0.25) is 0 Å². The predicted octanol–water partition coefficient (Wildman–Crippen LogP) is 3.95. The number of nitrogens with two attached hydrogens (primary N) is 1. The molecule has 0 aliphatic carbocycles. The van der Waals surface area contributed by atoms with Crippen molar-refractivity contribution in [1.82, 2.24) is 9.97 Å². The fraction of sp³-hybridized carbons (Fsp3) is 0.412. The van der Waals surface area contributed by atoms with Crippen molar-refractivity contribution in [1.29, 1.82) is 0 Å². The summed E-state index contributed by atoms with van der Waals surface area (Å²) >= 11 is 0. The summed E-state index contributed by atoms with van der Waals surface area (Å²) in [7, 11) is 0. The summed E-state index contributed by atoms with van der Waals surface area (Å²) in [5.41, 5.74) is 6.89. The highest BCUT2D eigenvalue weighted by Gasteiger charge is 2.31. The molecule has 0 unspecified atom stereocenters. The summed E-state index contributed by atoms with van der Waals surface area (Å²) in [6.07, 6.45) is -0.275.